The summed E-state index contributed by atoms with van der Waals surface area (Å²) in [5.41, 5.74) is 2.71. The molecular weight excluding hydrogens is 428 g/mol. The Balaban J connectivity index is 1.67. The van der Waals surface area contributed by atoms with Gasteiger partial charge in [0.05, 0.1) is 29.5 Å². The van der Waals surface area contributed by atoms with E-state index >= 15 is 0 Å². The first-order valence-electron chi connectivity index (χ1n) is 10.7. The molecule has 0 unspecified atom stereocenters. The molecule has 0 aromatic carbocycles. The quantitative estimate of drug-likeness (QED) is 0.548. The number of hydrogen-bond acceptors (Lipinski definition) is 7. The third-order valence-electron chi connectivity index (χ3n) is 5.40. The van der Waals surface area contributed by atoms with Gasteiger partial charge in [0.2, 0.25) is 0 Å². The zero-order valence-corrected chi connectivity index (χ0v) is 19.0. The number of fused-ring (bicyclic) bond motifs is 1. The molecule has 0 saturated carbocycles. The number of pyridine rings is 1. The highest BCUT2D eigenvalue weighted by atomic mass is 32.1. The fraction of sp³-hybridized carbons (Fsp3) is 0.391. The van der Waals surface area contributed by atoms with E-state index < -0.39 is 5.97 Å². The molecule has 8 nitrogen and oxygen atoms in total. The van der Waals surface area contributed by atoms with Crippen LogP contribution in [0.5, 0.6) is 0 Å². The van der Waals surface area contributed by atoms with Crippen molar-refractivity contribution in [2.75, 3.05) is 31.2 Å². The van der Waals surface area contributed by atoms with Crippen molar-refractivity contribution >= 4 is 34.8 Å². The van der Waals surface area contributed by atoms with E-state index in [9.17, 15) is 9.59 Å². The molecule has 1 fully saturated rings. The molecule has 3 aromatic heterocycles. The average molecular weight is 455 g/mol. The van der Waals surface area contributed by atoms with Gasteiger partial charge in [-0.25, -0.2) is 14.8 Å². The van der Waals surface area contributed by atoms with Crippen molar-refractivity contribution in [1.82, 2.24) is 14.4 Å². The molecule has 0 bridgehead atoms. The van der Waals surface area contributed by atoms with Gasteiger partial charge in [-0.15, -0.1) is 11.3 Å². The minimum atomic E-state index is -1.11. The molecule has 3 aromatic rings. The molecule has 1 aliphatic heterocycles. The van der Waals surface area contributed by atoms with E-state index in [-0.39, 0.29) is 11.1 Å². The predicted molar refractivity (Wildman–Crippen MR) is 125 cm³/mol. The summed E-state index contributed by atoms with van der Waals surface area (Å²) in [7, 11) is 0. The first-order chi connectivity index (χ1) is 15.4. The number of hydrogen-bond donors (Lipinski definition) is 1. The van der Waals surface area contributed by atoms with Gasteiger partial charge in [-0.1, -0.05) is 13.8 Å². The van der Waals surface area contributed by atoms with Crippen LogP contribution in [-0.4, -0.2) is 51.7 Å². The molecule has 1 aliphatic rings. The van der Waals surface area contributed by atoms with Gasteiger partial charge >= 0.3 is 5.97 Å². The van der Waals surface area contributed by atoms with Crippen LogP contribution in [-0.2, 0) is 22.4 Å². The fourth-order valence-electron chi connectivity index (χ4n) is 3.61. The number of aryl methyl sites for hydroxylation is 2. The van der Waals surface area contributed by atoms with Crippen molar-refractivity contribution in [2.24, 2.45) is 0 Å². The van der Waals surface area contributed by atoms with E-state index in [1.165, 1.54) is 10.5 Å². The number of anilines is 1. The topological polar surface area (TPSA) is 97.0 Å². The number of morpholine rings is 1. The monoisotopic (exact) mass is 454 g/mol. The third kappa shape index (κ3) is 4.89. The van der Waals surface area contributed by atoms with Crippen LogP contribution in [0.25, 0.3) is 11.7 Å². The van der Waals surface area contributed by atoms with Gasteiger partial charge in [0.15, 0.2) is 0 Å². The molecule has 0 radical (unpaired) electrons. The standard InChI is InChI=1S/C23H26N4O4S/c1-15(2)18-14-32-20(24-18)5-3-16-7-8-27-19(13-16)25-22(26-9-11-31-12-10-26)17(23(27)30)4-6-21(28)29/h4,6-8,13-15H,3,5,9-12H2,1-2H3,(H,28,29). The number of ether oxygens (including phenoxy) is 1. The Morgan fingerprint density at radius 3 is 2.75 bits per heavy atom. The Morgan fingerprint density at radius 2 is 2.06 bits per heavy atom. The summed E-state index contributed by atoms with van der Waals surface area (Å²) in [6.45, 7) is 6.54. The zero-order chi connectivity index (χ0) is 22.7. The van der Waals surface area contributed by atoms with Gasteiger partial charge in [0.1, 0.15) is 11.5 Å². The zero-order valence-electron chi connectivity index (χ0n) is 18.2. The lowest BCUT2D eigenvalue weighted by atomic mass is 10.1. The Labute approximate surface area is 189 Å². The lowest BCUT2D eigenvalue weighted by molar-refractivity contribution is -0.131. The van der Waals surface area contributed by atoms with Crippen LogP contribution in [0.4, 0.5) is 5.82 Å². The Hall–Kier alpha value is -3.04. The van der Waals surface area contributed by atoms with Crippen LogP contribution in [0.15, 0.2) is 34.6 Å². The maximum absolute atomic E-state index is 13.2. The third-order valence-corrected chi connectivity index (χ3v) is 6.33. The van der Waals surface area contributed by atoms with E-state index in [0.29, 0.717) is 43.7 Å². The minimum Gasteiger partial charge on any atom is -0.478 e. The maximum Gasteiger partial charge on any atom is 0.328 e. The van der Waals surface area contributed by atoms with Crippen molar-refractivity contribution < 1.29 is 14.6 Å². The second kappa shape index (κ2) is 9.62. The normalized spacial score (nSPS) is 14.7. The van der Waals surface area contributed by atoms with Crippen molar-refractivity contribution in [3.05, 3.63) is 62.0 Å². The van der Waals surface area contributed by atoms with Crippen LogP contribution in [0.1, 0.15) is 41.6 Å². The molecule has 4 heterocycles. The number of nitrogens with zero attached hydrogens (tertiary/aromatic N) is 4. The van der Waals surface area contributed by atoms with Gasteiger partial charge in [-0.2, -0.15) is 0 Å². The summed E-state index contributed by atoms with van der Waals surface area (Å²) in [6.07, 6.45) is 5.64. The van der Waals surface area contributed by atoms with Crippen molar-refractivity contribution in [2.45, 2.75) is 32.6 Å². The summed E-state index contributed by atoms with van der Waals surface area (Å²) >= 11 is 1.68. The summed E-state index contributed by atoms with van der Waals surface area (Å²) in [5.74, 6) is -0.199. The van der Waals surface area contributed by atoms with E-state index in [0.717, 1.165) is 35.2 Å². The van der Waals surface area contributed by atoms with E-state index in [1.807, 2.05) is 17.0 Å². The summed E-state index contributed by atoms with van der Waals surface area (Å²) in [4.78, 5) is 35.7. The number of aliphatic carboxylic acids is 1. The van der Waals surface area contributed by atoms with Gasteiger partial charge in [-0.3, -0.25) is 9.20 Å². The number of rotatable bonds is 7. The van der Waals surface area contributed by atoms with Crippen LogP contribution in [0.3, 0.4) is 0 Å². The summed E-state index contributed by atoms with van der Waals surface area (Å²) in [5, 5.41) is 12.3. The lowest BCUT2D eigenvalue weighted by Gasteiger charge is -2.29. The lowest BCUT2D eigenvalue weighted by Crippen LogP contribution is -2.38. The first kappa shape index (κ1) is 22.2. The highest BCUT2D eigenvalue weighted by Crippen LogP contribution is 2.21. The van der Waals surface area contributed by atoms with Crippen molar-refractivity contribution in [3.8, 4) is 0 Å². The van der Waals surface area contributed by atoms with E-state index in [1.54, 1.807) is 17.5 Å². The second-order valence-electron chi connectivity index (χ2n) is 8.01. The summed E-state index contributed by atoms with van der Waals surface area (Å²) < 4.78 is 6.88. The number of carboxylic acids is 1. The Bertz CT molecular complexity index is 1210. The van der Waals surface area contributed by atoms with Gasteiger partial charge in [-0.05, 0) is 36.1 Å². The highest BCUT2D eigenvalue weighted by molar-refractivity contribution is 7.09. The van der Waals surface area contributed by atoms with Crippen LogP contribution >= 0.6 is 11.3 Å². The minimum absolute atomic E-state index is 0.267. The molecule has 168 valence electrons. The molecule has 1 N–H and O–H groups in total. The van der Waals surface area contributed by atoms with Crippen LogP contribution in [0.2, 0.25) is 0 Å². The smallest absolute Gasteiger partial charge is 0.328 e. The highest BCUT2D eigenvalue weighted by Gasteiger charge is 2.19. The number of thiazole rings is 1. The van der Waals surface area contributed by atoms with Gasteiger partial charge < -0.3 is 14.7 Å². The van der Waals surface area contributed by atoms with Gasteiger partial charge in [0, 0.05) is 37.2 Å². The van der Waals surface area contributed by atoms with Crippen LogP contribution in [0, 0.1) is 0 Å². The average Bonchev–Trinajstić information content (AvgIpc) is 3.27. The molecule has 0 atom stereocenters. The predicted octanol–water partition coefficient (Wildman–Crippen LogP) is 2.99. The largest absolute Gasteiger partial charge is 0.478 e. The van der Waals surface area contributed by atoms with E-state index in [2.05, 4.69) is 19.2 Å². The summed E-state index contributed by atoms with van der Waals surface area (Å²) in [6, 6.07) is 3.83. The molecule has 1 saturated heterocycles. The second-order valence-corrected chi connectivity index (χ2v) is 8.95. The van der Waals surface area contributed by atoms with Gasteiger partial charge in [0.25, 0.3) is 5.56 Å². The Kier molecular flexibility index (Phi) is 6.66. The number of carbonyl (C=O) groups is 1. The molecular formula is C23H26N4O4S. The van der Waals surface area contributed by atoms with Crippen molar-refractivity contribution in [3.63, 3.8) is 0 Å². The molecule has 0 spiro atoms. The molecule has 4 rings (SSSR count). The molecule has 9 heteroatoms. The molecule has 32 heavy (non-hydrogen) atoms. The number of aromatic nitrogens is 3. The first-order valence-corrected chi connectivity index (χ1v) is 11.5. The maximum atomic E-state index is 13.2. The number of carboxylic acid groups (broad SMARTS) is 1. The molecule has 0 aliphatic carbocycles. The fourth-order valence-corrected chi connectivity index (χ4v) is 4.57. The van der Waals surface area contributed by atoms with E-state index in [4.69, 9.17) is 19.8 Å². The van der Waals surface area contributed by atoms with Crippen LogP contribution < -0.4 is 10.5 Å². The Morgan fingerprint density at radius 1 is 1.28 bits per heavy atom. The SMILES string of the molecule is CC(C)c1csc(CCc2ccn3c(=O)c(C=CC(=O)O)c(N4CCOCC4)nc3c2)n1. The van der Waals surface area contributed by atoms with Crippen molar-refractivity contribution in [1.29, 1.82) is 0 Å². The molecule has 0 amide bonds.